The van der Waals surface area contributed by atoms with Crippen LogP contribution in [0.15, 0.2) is 70.2 Å². The summed E-state index contributed by atoms with van der Waals surface area (Å²) in [6, 6.07) is 16.5. The van der Waals surface area contributed by atoms with Crippen LogP contribution in [-0.4, -0.2) is 17.1 Å². The number of hydrogen-bond donors (Lipinski definition) is 2. The number of carbonyl (C=O) groups excluding carboxylic acids is 2. The van der Waals surface area contributed by atoms with Crippen molar-refractivity contribution in [2.75, 3.05) is 10.6 Å². The topological polar surface area (TPSA) is 71.3 Å². The van der Waals surface area contributed by atoms with Gasteiger partial charge >= 0.3 is 0 Å². The minimum Gasteiger partial charge on any atom is -0.459 e. The average Bonchev–Trinajstić information content (AvgIpc) is 3.22. The van der Waals surface area contributed by atoms with Gasteiger partial charge in [0, 0.05) is 16.3 Å². The number of anilines is 2. The number of aryl methyl sites for hydroxylation is 1. The largest absolute Gasteiger partial charge is 0.459 e. The normalized spacial score (nSPS) is 11.7. The molecule has 2 amide bonds. The van der Waals surface area contributed by atoms with E-state index in [0.717, 1.165) is 21.7 Å². The molecule has 6 heteroatoms. The predicted molar refractivity (Wildman–Crippen MR) is 113 cm³/mol. The minimum absolute atomic E-state index is 0.0473. The van der Waals surface area contributed by atoms with E-state index in [1.54, 1.807) is 24.3 Å². The summed E-state index contributed by atoms with van der Waals surface area (Å²) in [6.45, 7) is 5.89. The van der Waals surface area contributed by atoms with Crippen LogP contribution >= 0.6 is 11.8 Å². The van der Waals surface area contributed by atoms with E-state index in [9.17, 15) is 9.59 Å². The van der Waals surface area contributed by atoms with Crippen molar-refractivity contribution in [2.45, 2.75) is 30.9 Å². The molecule has 5 nitrogen and oxygen atoms in total. The third kappa shape index (κ3) is 4.84. The van der Waals surface area contributed by atoms with E-state index in [4.69, 9.17) is 4.42 Å². The van der Waals surface area contributed by atoms with Crippen LogP contribution in [0.25, 0.3) is 0 Å². The third-order valence-corrected chi connectivity index (χ3v) is 5.51. The Morgan fingerprint density at radius 3 is 2.39 bits per heavy atom. The van der Waals surface area contributed by atoms with Crippen molar-refractivity contribution in [3.05, 3.63) is 77.7 Å². The highest BCUT2D eigenvalue weighted by Crippen LogP contribution is 2.26. The highest BCUT2D eigenvalue weighted by molar-refractivity contribution is 8.00. The summed E-state index contributed by atoms with van der Waals surface area (Å²) in [7, 11) is 0. The van der Waals surface area contributed by atoms with E-state index in [1.807, 2.05) is 51.1 Å². The van der Waals surface area contributed by atoms with Gasteiger partial charge in [0.15, 0.2) is 5.76 Å². The first-order chi connectivity index (χ1) is 13.4. The van der Waals surface area contributed by atoms with Gasteiger partial charge in [-0.2, -0.15) is 0 Å². The molecule has 0 radical (unpaired) electrons. The van der Waals surface area contributed by atoms with E-state index in [2.05, 4.69) is 10.6 Å². The van der Waals surface area contributed by atoms with Crippen LogP contribution in [0.5, 0.6) is 0 Å². The summed E-state index contributed by atoms with van der Waals surface area (Å²) < 4.78 is 5.07. The molecule has 1 unspecified atom stereocenters. The molecule has 0 bridgehead atoms. The lowest BCUT2D eigenvalue weighted by atomic mass is 10.1. The van der Waals surface area contributed by atoms with E-state index >= 15 is 0 Å². The minimum atomic E-state index is -0.299. The van der Waals surface area contributed by atoms with Crippen LogP contribution in [0, 0.1) is 13.8 Å². The Hall–Kier alpha value is -2.99. The maximum atomic E-state index is 12.5. The molecule has 3 aromatic rings. The van der Waals surface area contributed by atoms with Gasteiger partial charge in [0.05, 0.1) is 11.5 Å². The van der Waals surface area contributed by atoms with Gasteiger partial charge in [-0.05, 0) is 74.4 Å². The molecular formula is C22H22N2O3S. The summed E-state index contributed by atoms with van der Waals surface area (Å²) in [4.78, 5) is 25.5. The maximum Gasteiger partial charge on any atom is 0.291 e. The number of nitrogens with one attached hydrogen (secondary N) is 2. The molecule has 0 aliphatic rings. The lowest BCUT2D eigenvalue weighted by Gasteiger charge is -2.15. The van der Waals surface area contributed by atoms with Gasteiger partial charge in [-0.1, -0.05) is 12.1 Å². The highest BCUT2D eigenvalue weighted by Gasteiger charge is 2.16. The Morgan fingerprint density at radius 1 is 0.964 bits per heavy atom. The van der Waals surface area contributed by atoms with E-state index < -0.39 is 0 Å². The van der Waals surface area contributed by atoms with Crippen LogP contribution < -0.4 is 10.6 Å². The van der Waals surface area contributed by atoms with Gasteiger partial charge < -0.3 is 15.1 Å². The lowest BCUT2D eigenvalue weighted by molar-refractivity contribution is -0.115. The molecule has 3 rings (SSSR count). The highest BCUT2D eigenvalue weighted by atomic mass is 32.2. The fourth-order valence-electron chi connectivity index (χ4n) is 2.60. The number of amides is 2. The van der Waals surface area contributed by atoms with Crippen LogP contribution in [-0.2, 0) is 4.79 Å². The Labute approximate surface area is 168 Å². The molecule has 144 valence electrons. The number of furan rings is 1. The Kier molecular flexibility index (Phi) is 6.21. The Morgan fingerprint density at radius 2 is 1.71 bits per heavy atom. The number of benzene rings is 2. The zero-order valence-corrected chi connectivity index (χ0v) is 16.8. The molecule has 1 aromatic heterocycles. The van der Waals surface area contributed by atoms with Crippen LogP contribution in [0.4, 0.5) is 11.4 Å². The Balaban J connectivity index is 1.58. The van der Waals surface area contributed by atoms with Crippen LogP contribution in [0.2, 0.25) is 0 Å². The number of carbonyl (C=O) groups is 2. The van der Waals surface area contributed by atoms with Gasteiger partial charge in [0.25, 0.3) is 5.91 Å². The number of thioether (sulfide) groups is 1. The van der Waals surface area contributed by atoms with E-state index in [1.165, 1.54) is 18.0 Å². The van der Waals surface area contributed by atoms with Gasteiger partial charge in [-0.15, -0.1) is 11.8 Å². The number of rotatable bonds is 6. The van der Waals surface area contributed by atoms with Gasteiger partial charge in [-0.25, -0.2) is 0 Å². The monoisotopic (exact) mass is 394 g/mol. The summed E-state index contributed by atoms with van der Waals surface area (Å²) in [5, 5.41) is 5.51. The fraction of sp³-hybridized carbons (Fsp3) is 0.182. The molecule has 0 fully saturated rings. The summed E-state index contributed by atoms with van der Waals surface area (Å²) >= 11 is 1.46. The molecular weight excluding hydrogens is 372 g/mol. The van der Waals surface area contributed by atoms with Crippen molar-refractivity contribution in [2.24, 2.45) is 0 Å². The SMILES string of the molecule is Cc1cccc(NC(=O)C(C)Sc2ccc(NC(=O)c3ccco3)cc2)c1C. The number of hydrogen-bond acceptors (Lipinski definition) is 4. The quantitative estimate of drug-likeness (QED) is 0.559. The molecule has 0 saturated carbocycles. The van der Waals surface area contributed by atoms with Crippen LogP contribution in [0.1, 0.15) is 28.6 Å². The van der Waals surface area contributed by atoms with Gasteiger partial charge in [0.1, 0.15) is 0 Å². The zero-order chi connectivity index (χ0) is 20.1. The summed E-state index contributed by atoms with van der Waals surface area (Å²) in [6.07, 6.45) is 1.46. The molecule has 28 heavy (non-hydrogen) atoms. The lowest BCUT2D eigenvalue weighted by Crippen LogP contribution is -2.22. The molecule has 0 spiro atoms. The maximum absolute atomic E-state index is 12.5. The van der Waals surface area contributed by atoms with Crippen molar-refractivity contribution in [3.8, 4) is 0 Å². The second kappa shape index (κ2) is 8.80. The van der Waals surface area contributed by atoms with Gasteiger partial charge in [-0.3, -0.25) is 9.59 Å². The van der Waals surface area contributed by atoms with Crippen molar-refractivity contribution < 1.29 is 14.0 Å². The van der Waals surface area contributed by atoms with Crippen molar-refractivity contribution in [1.82, 2.24) is 0 Å². The first-order valence-corrected chi connectivity index (χ1v) is 9.80. The second-order valence-electron chi connectivity index (χ2n) is 6.45. The average molecular weight is 394 g/mol. The van der Waals surface area contributed by atoms with Crippen LogP contribution in [0.3, 0.4) is 0 Å². The summed E-state index contributed by atoms with van der Waals surface area (Å²) in [5.74, 6) is -0.0873. The molecule has 1 atom stereocenters. The standard InChI is InChI=1S/C22H22N2O3S/c1-14-6-4-7-19(15(14)2)24-21(25)16(3)28-18-11-9-17(10-12-18)23-22(26)20-8-5-13-27-20/h4-13,16H,1-3H3,(H,23,26)(H,24,25). The first-order valence-electron chi connectivity index (χ1n) is 8.92. The van der Waals surface area contributed by atoms with Crippen molar-refractivity contribution >= 4 is 35.0 Å². The summed E-state index contributed by atoms with van der Waals surface area (Å²) in [5.41, 5.74) is 3.72. The molecule has 0 aliphatic carbocycles. The van der Waals surface area contributed by atoms with Gasteiger partial charge in [0.2, 0.25) is 5.91 Å². The fourth-order valence-corrected chi connectivity index (χ4v) is 3.46. The Bertz CT molecular complexity index is 966. The smallest absolute Gasteiger partial charge is 0.291 e. The second-order valence-corrected chi connectivity index (χ2v) is 7.87. The predicted octanol–water partition coefficient (Wildman–Crippen LogP) is 5.27. The zero-order valence-electron chi connectivity index (χ0n) is 16.0. The van der Waals surface area contributed by atoms with Crippen molar-refractivity contribution in [3.63, 3.8) is 0 Å². The molecule has 2 aromatic carbocycles. The molecule has 0 aliphatic heterocycles. The van der Waals surface area contributed by atoms with Crippen molar-refractivity contribution in [1.29, 1.82) is 0 Å². The van der Waals surface area contributed by atoms with E-state index in [-0.39, 0.29) is 22.8 Å². The van der Waals surface area contributed by atoms with E-state index in [0.29, 0.717) is 5.69 Å². The first kappa shape index (κ1) is 19.8. The molecule has 0 saturated heterocycles. The molecule has 1 heterocycles. The molecule has 2 N–H and O–H groups in total. The third-order valence-electron chi connectivity index (χ3n) is 4.40.